The topological polar surface area (TPSA) is 55.1 Å². The molecule has 0 spiro atoms. The first-order valence-electron chi connectivity index (χ1n) is 7.77. The molecule has 3 N–H and O–H groups in total. The standard InChI is InChI=1S/C17H26N2O/c1-2-14-8-4-5-9-15(14)16(20)19-13-17(12-18)10-6-3-7-11-17/h4-5,8-9H,2-3,6-7,10-13,18H2,1H3,(H,19,20). The van der Waals surface area contributed by atoms with Crippen LogP contribution in [0.1, 0.15) is 54.9 Å². The molecule has 0 bridgehead atoms. The molecule has 1 aromatic carbocycles. The van der Waals surface area contributed by atoms with E-state index < -0.39 is 0 Å². The second-order valence-corrected chi connectivity index (χ2v) is 5.96. The predicted molar refractivity (Wildman–Crippen MR) is 82.7 cm³/mol. The number of aryl methyl sites for hydroxylation is 1. The van der Waals surface area contributed by atoms with Crippen molar-refractivity contribution in [3.63, 3.8) is 0 Å². The Labute approximate surface area is 121 Å². The quantitative estimate of drug-likeness (QED) is 0.867. The lowest BCUT2D eigenvalue weighted by molar-refractivity contribution is 0.0913. The smallest absolute Gasteiger partial charge is 0.251 e. The highest BCUT2D eigenvalue weighted by Gasteiger charge is 2.31. The first-order valence-corrected chi connectivity index (χ1v) is 7.77. The Kier molecular flexibility index (Phi) is 5.18. The highest BCUT2D eigenvalue weighted by atomic mass is 16.1. The van der Waals surface area contributed by atoms with Crippen molar-refractivity contribution in [1.82, 2.24) is 5.32 Å². The van der Waals surface area contributed by atoms with E-state index in [0.717, 1.165) is 30.4 Å². The van der Waals surface area contributed by atoms with Crippen LogP contribution < -0.4 is 11.1 Å². The van der Waals surface area contributed by atoms with Gasteiger partial charge in [-0.15, -0.1) is 0 Å². The minimum absolute atomic E-state index is 0.0425. The van der Waals surface area contributed by atoms with Gasteiger partial charge in [-0.25, -0.2) is 0 Å². The van der Waals surface area contributed by atoms with Crippen LogP contribution in [-0.2, 0) is 6.42 Å². The van der Waals surface area contributed by atoms with Crippen LogP contribution in [0.5, 0.6) is 0 Å². The molecule has 0 aromatic heterocycles. The molecule has 1 amide bonds. The fourth-order valence-electron chi connectivity index (χ4n) is 3.17. The monoisotopic (exact) mass is 274 g/mol. The molecule has 3 heteroatoms. The third kappa shape index (κ3) is 3.40. The lowest BCUT2D eigenvalue weighted by atomic mass is 9.74. The summed E-state index contributed by atoms with van der Waals surface area (Å²) in [6.07, 6.45) is 6.93. The molecule has 0 atom stereocenters. The van der Waals surface area contributed by atoms with Crippen molar-refractivity contribution in [2.24, 2.45) is 11.1 Å². The van der Waals surface area contributed by atoms with E-state index in [2.05, 4.69) is 12.2 Å². The van der Waals surface area contributed by atoms with Gasteiger partial charge in [-0.2, -0.15) is 0 Å². The normalized spacial score (nSPS) is 17.7. The van der Waals surface area contributed by atoms with Gasteiger partial charge in [0.15, 0.2) is 0 Å². The van der Waals surface area contributed by atoms with Crippen molar-refractivity contribution in [2.75, 3.05) is 13.1 Å². The zero-order valence-corrected chi connectivity index (χ0v) is 12.5. The third-order valence-electron chi connectivity index (χ3n) is 4.61. The zero-order valence-electron chi connectivity index (χ0n) is 12.5. The van der Waals surface area contributed by atoms with Gasteiger partial charge < -0.3 is 11.1 Å². The minimum atomic E-state index is 0.0425. The number of nitrogens with one attached hydrogen (secondary N) is 1. The number of hydrogen-bond donors (Lipinski definition) is 2. The zero-order chi connectivity index (χ0) is 14.4. The van der Waals surface area contributed by atoms with Crippen molar-refractivity contribution in [1.29, 1.82) is 0 Å². The maximum Gasteiger partial charge on any atom is 0.251 e. The average molecular weight is 274 g/mol. The van der Waals surface area contributed by atoms with Crippen molar-refractivity contribution in [3.05, 3.63) is 35.4 Å². The first-order chi connectivity index (χ1) is 9.71. The molecule has 3 nitrogen and oxygen atoms in total. The van der Waals surface area contributed by atoms with Crippen molar-refractivity contribution in [2.45, 2.75) is 45.4 Å². The van der Waals surface area contributed by atoms with Crippen LogP contribution >= 0.6 is 0 Å². The number of benzene rings is 1. The molecule has 1 fully saturated rings. The molecule has 20 heavy (non-hydrogen) atoms. The van der Waals surface area contributed by atoms with Gasteiger partial charge in [0.25, 0.3) is 5.91 Å². The van der Waals surface area contributed by atoms with Gasteiger partial charge in [0.2, 0.25) is 0 Å². The highest BCUT2D eigenvalue weighted by molar-refractivity contribution is 5.95. The number of rotatable bonds is 5. The lowest BCUT2D eigenvalue weighted by Crippen LogP contribution is -2.43. The van der Waals surface area contributed by atoms with Gasteiger partial charge in [-0.1, -0.05) is 44.4 Å². The molecule has 1 aliphatic rings. The van der Waals surface area contributed by atoms with Crippen LogP contribution in [0.2, 0.25) is 0 Å². The van der Waals surface area contributed by atoms with E-state index in [0.29, 0.717) is 13.1 Å². The predicted octanol–water partition coefficient (Wildman–Crippen LogP) is 2.89. The molecular weight excluding hydrogens is 248 g/mol. The Morgan fingerprint density at radius 2 is 1.95 bits per heavy atom. The highest BCUT2D eigenvalue weighted by Crippen LogP contribution is 2.34. The second-order valence-electron chi connectivity index (χ2n) is 5.96. The largest absolute Gasteiger partial charge is 0.351 e. The van der Waals surface area contributed by atoms with Crippen LogP contribution in [0.3, 0.4) is 0 Å². The van der Waals surface area contributed by atoms with E-state index in [1.54, 1.807) is 0 Å². The van der Waals surface area contributed by atoms with Crippen LogP contribution in [0, 0.1) is 5.41 Å². The molecule has 0 saturated heterocycles. The van der Waals surface area contributed by atoms with Gasteiger partial charge in [-0.3, -0.25) is 4.79 Å². The van der Waals surface area contributed by atoms with Crippen molar-refractivity contribution < 1.29 is 4.79 Å². The molecule has 0 heterocycles. The molecule has 1 aliphatic carbocycles. The van der Waals surface area contributed by atoms with Crippen LogP contribution in [-0.4, -0.2) is 19.0 Å². The molecule has 0 unspecified atom stereocenters. The van der Waals surface area contributed by atoms with E-state index in [1.807, 2.05) is 24.3 Å². The fraction of sp³-hybridized carbons (Fsp3) is 0.588. The van der Waals surface area contributed by atoms with Gasteiger partial charge in [0.1, 0.15) is 0 Å². The van der Waals surface area contributed by atoms with Crippen LogP contribution in [0.4, 0.5) is 0 Å². The van der Waals surface area contributed by atoms with E-state index >= 15 is 0 Å². The van der Waals surface area contributed by atoms with Gasteiger partial charge in [-0.05, 0) is 42.9 Å². The molecule has 110 valence electrons. The summed E-state index contributed by atoms with van der Waals surface area (Å²) in [5.74, 6) is 0.0425. The lowest BCUT2D eigenvalue weighted by Gasteiger charge is -2.36. The van der Waals surface area contributed by atoms with Crippen LogP contribution in [0.25, 0.3) is 0 Å². The van der Waals surface area contributed by atoms with Crippen LogP contribution in [0.15, 0.2) is 24.3 Å². The molecule has 0 radical (unpaired) electrons. The average Bonchev–Trinajstić information content (AvgIpc) is 2.53. The van der Waals surface area contributed by atoms with Crippen molar-refractivity contribution >= 4 is 5.91 Å². The Balaban J connectivity index is 2.00. The summed E-state index contributed by atoms with van der Waals surface area (Å²) in [6.45, 7) is 3.46. The summed E-state index contributed by atoms with van der Waals surface area (Å²) in [5, 5.41) is 3.12. The molecule has 2 rings (SSSR count). The summed E-state index contributed by atoms with van der Waals surface area (Å²) in [7, 11) is 0. The molecule has 1 saturated carbocycles. The number of carbonyl (C=O) groups excluding carboxylic acids is 1. The van der Waals surface area contributed by atoms with E-state index in [-0.39, 0.29) is 11.3 Å². The Morgan fingerprint density at radius 3 is 2.60 bits per heavy atom. The summed E-state index contributed by atoms with van der Waals surface area (Å²) >= 11 is 0. The number of hydrogen-bond acceptors (Lipinski definition) is 2. The Hall–Kier alpha value is -1.35. The van der Waals surface area contributed by atoms with Gasteiger partial charge in [0.05, 0.1) is 0 Å². The first kappa shape index (κ1) is 15.0. The second kappa shape index (κ2) is 6.89. The van der Waals surface area contributed by atoms with E-state index in [4.69, 9.17) is 5.73 Å². The molecular formula is C17H26N2O. The third-order valence-corrected chi connectivity index (χ3v) is 4.61. The maximum absolute atomic E-state index is 12.4. The van der Waals surface area contributed by atoms with Gasteiger partial charge in [0, 0.05) is 12.1 Å². The minimum Gasteiger partial charge on any atom is -0.351 e. The number of amides is 1. The van der Waals surface area contributed by atoms with Crippen molar-refractivity contribution in [3.8, 4) is 0 Å². The fourth-order valence-corrected chi connectivity index (χ4v) is 3.17. The molecule has 1 aromatic rings. The van der Waals surface area contributed by atoms with Gasteiger partial charge >= 0.3 is 0 Å². The summed E-state index contributed by atoms with van der Waals surface area (Å²) in [5.41, 5.74) is 8.00. The molecule has 0 aliphatic heterocycles. The maximum atomic E-state index is 12.4. The Morgan fingerprint density at radius 1 is 1.25 bits per heavy atom. The Bertz CT molecular complexity index is 450. The summed E-state index contributed by atoms with van der Waals surface area (Å²) in [4.78, 5) is 12.4. The summed E-state index contributed by atoms with van der Waals surface area (Å²) < 4.78 is 0. The van der Waals surface area contributed by atoms with E-state index in [9.17, 15) is 4.79 Å². The SMILES string of the molecule is CCc1ccccc1C(=O)NCC1(CN)CCCCC1. The number of carbonyl (C=O) groups is 1. The van der Waals surface area contributed by atoms with E-state index in [1.165, 1.54) is 19.3 Å². The summed E-state index contributed by atoms with van der Waals surface area (Å²) in [6, 6.07) is 7.84. The number of nitrogens with two attached hydrogens (primary N) is 1.